The average molecular weight is 230 g/mol. The first kappa shape index (κ1) is 10.8. The highest BCUT2D eigenvalue weighted by molar-refractivity contribution is 6.01. The molecule has 0 saturated heterocycles. The van der Waals surface area contributed by atoms with Crippen LogP contribution in [-0.4, -0.2) is 18.0 Å². The smallest absolute Gasteiger partial charge is 0.247 e. The summed E-state index contributed by atoms with van der Waals surface area (Å²) in [5.74, 6) is 0.125. The highest BCUT2D eigenvalue weighted by Crippen LogP contribution is 2.34. The molecule has 0 aromatic heterocycles. The van der Waals surface area contributed by atoms with Crippen molar-refractivity contribution in [2.75, 3.05) is 11.4 Å². The lowest BCUT2D eigenvalue weighted by atomic mass is 9.97. The average Bonchev–Trinajstić information content (AvgIpc) is 2.95. The van der Waals surface area contributed by atoms with E-state index in [1.807, 2.05) is 23.1 Å². The fourth-order valence-electron chi connectivity index (χ4n) is 3.04. The van der Waals surface area contributed by atoms with E-state index in [0.717, 1.165) is 44.3 Å². The second-order valence-electron chi connectivity index (χ2n) is 5.20. The Hall–Kier alpha value is -1.35. The zero-order valence-electron chi connectivity index (χ0n) is 9.98. The summed E-state index contributed by atoms with van der Waals surface area (Å²) in [7, 11) is 0. The van der Waals surface area contributed by atoms with Gasteiger partial charge in [0.15, 0.2) is 0 Å². The number of nitrogens with zero attached hydrogens (tertiary/aromatic N) is 1. The van der Waals surface area contributed by atoms with Crippen molar-refractivity contribution in [3.8, 4) is 0 Å². The van der Waals surface area contributed by atoms with Crippen molar-refractivity contribution < 1.29 is 4.79 Å². The minimum absolute atomic E-state index is 0.125. The molecule has 2 N–H and O–H groups in total. The van der Waals surface area contributed by atoms with E-state index in [0.29, 0.717) is 0 Å². The predicted molar refractivity (Wildman–Crippen MR) is 67.9 cm³/mol. The molecule has 1 amide bonds. The van der Waals surface area contributed by atoms with Gasteiger partial charge in [0.2, 0.25) is 5.91 Å². The molecule has 1 heterocycles. The van der Waals surface area contributed by atoms with Crippen LogP contribution >= 0.6 is 0 Å². The van der Waals surface area contributed by atoms with Crippen molar-refractivity contribution in [2.45, 2.75) is 37.6 Å². The Morgan fingerprint density at radius 1 is 1.24 bits per heavy atom. The largest absolute Gasteiger partial charge is 0.317 e. The van der Waals surface area contributed by atoms with Crippen molar-refractivity contribution >= 4 is 11.6 Å². The fraction of sp³-hybridized carbons (Fsp3) is 0.500. The highest BCUT2D eigenvalue weighted by atomic mass is 16.2. The molecule has 1 aliphatic carbocycles. The molecule has 17 heavy (non-hydrogen) atoms. The van der Waals surface area contributed by atoms with Crippen LogP contribution < -0.4 is 10.6 Å². The number of hydrogen-bond acceptors (Lipinski definition) is 2. The van der Waals surface area contributed by atoms with Crippen LogP contribution in [0.4, 0.5) is 5.69 Å². The zero-order chi connectivity index (χ0) is 11.9. The first-order valence-corrected chi connectivity index (χ1v) is 6.39. The molecule has 90 valence electrons. The molecule has 2 aliphatic rings. The Balaban J connectivity index is 1.89. The molecule has 0 bridgehead atoms. The van der Waals surface area contributed by atoms with Crippen molar-refractivity contribution in [1.82, 2.24) is 0 Å². The van der Waals surface area contributed by atoms with Gasteiger partial charge in [-0.05, 0) is 30.9 Å². The lowest BCUT2D eigenvalue weighted by Crippen LogP contribution is -2.53. The zero-order valence-corrected chi connectivity index (χ0v) is 9.98. The molecule has 3 heteroatoms. The van der Waals surface area contributed by atoms with Crippen molar-refractivity contribution in [3.05, 3.63) is 29.8 Å². The lowest BCUT2D eigenvalue weighted by molar-refractivity contribution is -0.123. The number of para-hydroxylation sites is 1. The maximum Gasteiger partial charge on any atom is 0.247 e. The fourth-order valence-corrected chi connectivity index (χ4v) is 3.04. The molecule has 0 spiro atoms. The Bertz CT molecular complexity index is 449. The second-order valence-corrected chi connectivity index (χ2v) is 5.20. The summed E-state index contributed by atoms with van der Waals surface area (Å²) in [6.07, 6.45) is 4.79. The van der Waals surface area contributed by atoms with Crippen LogP contribution in [-0.2, 0) is 11.2 Å². The maximum atomic E-state index is 12.5. The van der Waals surface area contributed by atoms with Crippen LogP contribution in [0.3, 0.4) is 0 Å². The second kappa shape index (κ2) is 3.84. The molecular formula is C14H18N2O. The number of amides is 1. The van der Waals surface area contributed by atoms with E-state index in [4.69, 9.17) is 5.73 Å². The van der Waals surface area contributed by atoms with E-state index in [1.165, 1.54) is 5.56 Å². The van der Waals surface area contributed by atoms with Crippen LogP contribution in [0.2, 0.25) is 0 Å². The molecule has 0 atom stereocenters. The predicted octanol–water partition coefficient (Wildman–Crippen LogP) is 1.85. The van der Waals surface area contributed by atoms with Gasteiger partial charge in [-0.25, -0.2) is 0 Å². The molecule has 0 unspecified atom stereocenters. The van der Waals surface area contributed by atoms with E-state index in [9.17, 15) is 4.79 Å². The van der Waals surface area contributed by atoms with Crippen LogP contribution in [0.25, 0.3) is 0 Å². The van der Waals surface area contributed by atoms with Gasteiger partial charge in [-0.1, -0.05) is 31.0 Å². The van der Waals surface area contributed by atoms with Gasteiger partial charge >= 0.3 is 0 Å². The molecule has 3 nitrogen and oxygen atoms in total. The quantitative estimate of drug-likeness (QED) is 0.800. The van der Waals surface area contributed by atoms with Gasteiger partial charge < -0.3 is 10.6 Å². The Morgan fingerprint density at radius 2 is 1.94 bits per heavy atom. The summed E-state index contributed by atoms with van der Waals surface area (Å²) < 4.78 is 0. The molecule has 1 saturated carbocycles. The standard InChI is InChI=1S/C14H18N2O/c15-14(8-3-4-9-14)13(17)16-10-7-11-5-1-2-6-12(11)16/h1-2,5-6H,3-4,7-10,15H2. The van der Waals surface area contributed by atoms with E-state index in [1.54, 1.807) is 0 Å². The van der Waals surface area contributed by atoms with Crippen molar-refractivity contribution in [2.24, 2.45) is 5.73 Å². The van der Waals surface area contributed by atoms with Gasteiger partial charge in [0.05, 0.1) is 5.54 Å². The van der Waals surface area contributed by atoms with Gasteiger partial charge in [-0.2, -0.15) is 0 Å². The summed E-state index contributed by atoms with van der Waals surface area (Å²) in [4.78, 5) is 14.4. The number of carbonyl (C=O) groups is 1. The first-order valence-electron chi connectivity index (χ1n) is 6.39. The van der Waals surface area contributed by atoms with Crippen molar-refractivity contribution in [1.29, 1.82) is 0 Å². The third-order valence-electron chi connectivity index (χ3n) is 4.05. The van der Waals surface area contributed by atoms with Crippen LogP contribution in [0.1, 0.15) is 31.2 Å². The summed E-state index contributed by atoms with van der Waals surface area (Å²) in [6.45, 7) is 0.789. The number of benzene rings is 1. The Morgan fingerprint density at radius 3 is 2.71 bits per heavy atom. The van der Waals surface area contributed by atoms with E-state index in [-0.39, 0.29) is 5.91 Å². The topological polar surface area (TPSA) is 46.3 Å². The number of fused-ring (bicyclic) bond motifs is 1. The third-order valence-corrected chi connectivity index (χ3v) is 4.05. The van der Waals surface area contributed by atoms with Gasteiger partial charge in [0.25, 0.3) is 0 Å². The number of hydrogen-bond donors (Lipinski definition) is 1. The van der Waals surface area contributed by atoms with Crippen LogP contribution in [0, 0.1) is 0 Å². The van der Waals surface area contributed by atoms with Crippen LogP contribution in [0.5, 0.6) is 0 Å². The minimum Gasteiger partial charge on any atom is -0.317 e. The minimum atomic E-state index is -0.600. The molecule has 1 aliphatic heterocycles. The van der Waals surface area contributed by atoms with Crippen LogP contribution in [0.15, 0.2) is 24.3 Å². The molecule has 1 aromatic rings. The third kappa shape index (κ3) is 1.65. The number of carbonyl (C=O) groups excluding carboxylic acids is 1. The first-order chi connectivity index (χ1) is 8.21. The number of anilines is 1. The SMILES string of the molecule is NC1(C(=O)N2CCc3ccccc32)CCCC1. The molecule has 1 aromatic carbocycles. The summed E-state index contributed by atoms with van der Waals surface area (Å²) in [6, 6.07) is 8.14. The van der Waals surface area contributed by atoms with Gasteiger partial charge in [-0.3, -0.25) is 4.79 Å². The molecule has 0 radical (unpaired) electrons. The summed E-state index contributed by atoms with van der Waals surface area (Å²) >= 11 is 0. The monoisotopic (exact) mass is 230 g/mol. The normalized spacial score (nSPS) is 21.6. The maximum absolute atomic E-state index is 12.5. The Labute approximate surface area is 102 Å². The lowest BCUT2D eigenvalue weighted by Gasteiger charge is -2.29. The van der Waals surface area contributed by atoms with E-state index >= 15 is 0 Å². The van der Waals surface area contributed by atoms with E-state index in [2.05, 4.69) is 6.07 Å². The van der Waals surface area contributed by atoms with E-state index < -0.39 is 5.54 Å². The van der Waals surface area contributed by atoms with Crippen molar-refractivity contribution in [3.63, 3.8) is 0 Å². The highest BCUT2D eigenvalue weighted by Gasteiger charge is 2.41. The summed E-state index contributed by atoms with van der Waals surface area (Å²) in [5, 5.41) is 0. The number of rotatable bonds is 1. The van der Waals surface area contributed by atoms with Gasteiger partial charge in [0.1, 0.15) is 0 Å². The molecule has 3 rings (SSSR count). The molecular weight excluding hydrogens is 212 g/mol. The molecule has 1 fully saturated rings. The summed E-state index contributed by atoms with van der Waals surface area (Å²) in [5.41, 5.74) is 7.98. The van der Waals surface area contributed by atoms with Gasteiger partial charge in [-0.15, -0.1) is 0 Å². The Kier molecular flexibility index (Phi) is 2.44. The number of nitrogens with two attached hydrogens (primary N) is 1. The van der Waals surface area contributed by atoms with Gasteiger partial charge in [0, 0.05) is 12.2 Å².